The Balaban J connectivity index is 2.32. The highest BCUT2D eigenvalue weighted by atomic mass is 79.9. The van der Waals surface area contributed by atoms with Crippen LogP contribution in [0.3, 0.4) is 0 Å². The lowest BCUT2D eigenvalue weighted by Gasteiger charge is -2.09. The average molecular weight is 297 g/mol. The largest absolute Gasteiger partial charge is 0.0614 e. The van der Waals surface area contributed by atoms with Gasteiger partial charge in [-0.1, -0.05) is 64.5 Å². The fourth-order valence-electron chi connectivity index (χ4n) is 2.40. The van der Waals surface area contributed by atoms with E-state index in [9.17, 15) is 0 Å². The van der Waals surface area contributed by atoms with Gasteiger partial charge in [-0.05, 0) is 46.5 Å². The zero-order chi connectivity index (χ0) is 12.5. The molecule has 0 atom stereocenters. The first-order valence-corrected chi connectivity index (χ1v) is 6.79. The van der Waals surface area contributed by atoms with Gasteiger partial charge in [0.15, 0.2) is 0 Å². The molecule has 0 heterocycles. The average Bonchev–Trinajstić information content (AvgIpc) is 2.39. The molecule has 0 bridgehead atoms. The molecule has 88 valence electrons. The Morgan fingerprint density at radius 3 is 2.17 bits per heavy atom. The van der Waals surface area contributed by atoms with Crippen LogP contribution in [0.2, 0.25) is 0 Å². The summed E-state index contributed by atoms with van der Waals surface area (Å²) in [5, 5.41) is 2.65. The van der Waals surface area contributed by atoms with Gasteiger partial charge in [-0.15, -0.1) is 0 Å². The van der Waals surface area contributed by atoms with Crippen LogP contribution in [0, 0.1) is 6.92 Å². The van der Waals surface area contributed by atoms with Gasteiger partial charge < -0.3 is 0 Å². The Kier molecular flexibility index (Phi) is 2.92. The molecule has 0 saturated heterocycles. The van der Waals surface area contributed by atoms with Crippen molar-refractivity contribution in [3.8, 4) is 11.1 Å². The minimum atomic E-state index is 1.11. The van der Waals surface area contributed by atoms with E-state index >= 15 is 0 Å². The smallest absolute Gasteiger partial charge is 0.0175 e. The Morgan fingerprint density at radius 2 is 1.44 bits per heavy atom. The van der Waals surface area contributed by atoms with Crippen LogP contribution in [-0.4, -0.2) is 0 Å². The molecule has 0 N–H and O–H groups in total. The van der Waals surface area contributed by atoms with E-state index in [4.69, 9.17) is 0 Å². The molecule has 0 unspecified atom stereocenters. The molecule has 0 saturated carbocycles. The Labute approximate surface area is 115 Å². The molecule has 0 aliphatic rings. The van der Waals surface area contributed by atoms with E-state index in [0.29, 0.717) is 0 Å². The van der Waals surface area contributed by atoms with E-state index in [1.54, 1.807) is 0 Å². The first-order valence-electron chi connectivity index (χ1n) is 6.00. The van der Waals surface area contributed by atoms with Crippen LogP contribution >= 0.6 is 15.9 Å². The Hall–Kier alpha value is -1.60. The summed E-state index contributed by atoms with van der Waals surface area (Å²) in [4.78, 5) is 0. The molecule has 0 aromatic heterocycles. The van der Waals surface area contributed by atoms with Crippen LogP contribution in [0.25, 0.3) is 21.9 Å². The second kappa shape index (κ2) is 4.58. The van der Waals surface area contributed by atoms with Crippen molar-refractivity contribution >= 4 is 26.7 Å². The van der Waals surface area contributed by atoms with Gasteiger partial charge >= 0.3 is 0 Å². The number of hydrogen-bond acceptors (Lipinski definition) is 0. The monoisotopic (exact) mass is 296 g/mol. The Morgan fingerprint density at radius 1 is 0.778 bits per heavy atom. The standard InChI is InChI=1S/C17H13Br/c1-12-4-2-5-14-6-3-7-16(17(12)14)13-8-10-15(18)11-9-13/h2-11H,1H3. The lowest BCUT2D eigenvalue weighted by Crippen LogP contribution is -1.84. The fourth-order valence-corrected chi connectivity index (χ4v) is 2.66. The van der Waals surface area contributed by atoms with E-state index in [1.165, 1.54) is 27.5 Å². The van der Waals surface area contributed by atoms with Crippen LogP contribution in [0.5, 0.6) is 0 Å². The maximum Gasteiger partial charge on any atom is 0.0175 e. The third-order valence-corrected chi connectivity index (χ3v) is 3.80. The van der Waals surface area contributed by atoms with Gasteiger partial charge in [-0.2, -0.15) is 0 Å². The number of benzene rings is 3. The third kappa shape index (κ3) is 1.95. The van der Waals surface area contributed by atoms with E-state index in [1.807, 2.05) is 0 Å². The van der Waals surface area contributed by atoms with E-state index in [-0.39, 0.29) is 0 Å². The minimum absolute atomic E-state index is 1.11. The van der Waals surface area contributed by atoms with Gasteiger partial charge in [0.2, 0.25) is 0 Å². The summed E-state index contributed by atoms with van der Waals surface area (Å²) in [6.45, 7) is 2.17. The number of hydrogen-bond donors (Lipinski definition) is 0. The van der Waals surface area contributed by atoms with Gasteiger partial charge in [0, 0.05) is 4.47 Å². The summed E-state index contributed by atoms with van der Waals surface area (Å²) >= 11 is 3.48. The molecule has 0 radical (unpaired) electrons. The normalized spacial score (nSPS) is 10.8. The predicted molar refractivity (Wildman–Crippen MR) is 81.8 cm³/mol. The highest BCUT2D eigenvalue weighted by molar-refractivity contribution is 9.10. The third-order valence-electron chi connectivity index (χ3n) is 3.27. The van der Waals surface area contributed by atoms with Crippen molar-refractivity contribution in [2.45, 2.75) is 6.92 Å². The SMILES string of the molecule is Cc1cccc2cccc(-c3ccc(Br)cc3)c12. The molecule has 1 heteroatoms. The van der Waals surface area contributed by atoms with Gasteiger partial charge in [-0.25, -0.2) is 0 Å². The predicted octanol–water partition coefficient (Wildman–Crippen LogP) is 5.58. The van der Waals surface area contributed by atoms with Crippen molar-refractivity contribution < 1.29 is 0 Å². The van der Waals surface area contributed by atoms with Gasteiger partial charge in [0.05, 0.1) is 0 Å². The number of rotatable bonds is 1. The summed E-state index contributed by atoms with van der Waals surface area (Å²) in [6.07, 6.45) is 0. The fraction of sp³-hybridized carbons (Fsp3) is 0.0588. The van der Waals surface area contributed by atoms with E-state index < -0.39 is 0 Å². The second-order valence-electron chi connectivity index (χ2n) is 4.49. The summed E-state index contributed by atoms with van der Waals surface area (Å²) in [6, 6.07) is 21.4. The number of aryl methyl sites for hydroxylation is 1. The lowest BCUT2D eigenvalue weighted by molar-refractivity contribution is 1.52. The summed E-state index contributed by atoms with van der Waals surface area (Å²) in [5.74, 6) is 0. The minimum Gasteiger partial charge on any atom is -0.0614 e. The topological polar surface area (TPSA) is 0 Å². The molecule has 0 aliphatic heterocycles. The van der Waals surface area contributed by atoms with Crippen molar-refractivity contribution in [1.82, 2.24) is 0 Å². The van der Waals surface area contributed by atoms with Crippen LogP contribution in [0.15, 0.2) is 65.1 Å². The molecule has 0 spiro atoms. The molecule has 3 rings (SSSR count). The highest BCUT2D eigenvalue weighted by Crippen LogP contribution is 2.31. The molecule has 0 amide bonds. The quantitative estimate of drug-likeness (QED) is 0.550. The molecule has 3 aromatic rings. The first-order chi connectivity index (χ1) is 8.75. The molecular weight excluding hydrogens is 284 g/mol. The summed E-state index contributed by atoms with van der Waals surface area (Å²) < 4.78 is 1.11. The molecule has 0 aliphatic carbocycles. The van der Waals surface area contributed by atoms with E-state index in [2.05, 4.69) is 83.5 Å². The van der Waals surface area contributed by atoms with Crippen LogP contribution in [-0.2, 0) is 0 Å². The van der Waals surface area contributed by atoms with Crippen LogP contribution in [0.4, 0.5) is 0 Å². The molecular formula is C17H13Br. The van der Waals surface area contributed by atoms with Crippen molar-refractivity contribution in [2.24, 2.45) is 0 Å². The van der Waals surface area contributed by atoms with Crippen LogP contribution in [0.1, 0.15) is 5.56 Å². The zero-order valence-corrected chi connectivity index (χ0v) is 11.7. The second-order valence-corrected chi connectivity index (χ2v) is 5.40. The molecule has 18 heavy (non-hydrogen) atoms. The van der Waals surface area contributed by atoms with Crippen molar-refractivity contribution in [2.75, 3.05) is 0 Å². The van der Waals surface area contributed by atoms with Gasteiger partial charge in [-0.3, -0.25) is 0 Å². The van der Waals surface area contributed by atoms with Crippen molar-refractivity contribution in [3.63, 3.8) is 0 Å². The van der Waals surface area contributed by atoms with Crippen LogP contribution < -0.4 is 0 Å². The van der Waals surface area contributed by atoms with Crippen molar-refractivity contribution in [1.29, 1.82) is 0 Å². The molecule has 0 nitrogen and oxygen atoms in total. The van der Waals surface area contributed by atoms with Gasteiger partial charge in [0.1, 0.15) is 0 Å². The highest BCUT2D eigenvalue weighted by Gasteiger charge is 2.05. The number of fused-ring (bicyclic) bond motifs is 1. The zero-order valence-electron chi connectivity index (χ0n) is 10.2. The lowest BCUT2D eigenvalue weighted by atomic mass is 9.95. The van der Waals surface area contributed by atoms with Gasteiger partial charge in [0.25, 0.3) is 0 Å². The molecule has 3 aromatic carbocycles. The maximum absolute atomic E-state index is 3.48. The molecule has 0 fully saturated rings. The van der Waals surface area contributed by atoms with Crippen molar-refractivity contribution in [3.05, 3.63) is 70.7 Å². The summed E-state index contributed by atoms with van der Waals surface area (Å²) in [7, 11) is 0. The Bertz CT molecular complexity index is 691. The summed E-state index contributed by atoms with van der Waals surface area (Å²) in [5.41, 5.74) is 3.89. The van der Waals surface area contributed by atoms with E-state index in [0.717, 1.165) is 4.47 Å². The maximum atomic E-state index is 3.48. The number of halogens is 1. The first kappa shape index (κ1) is 11.5.